The summed E-state index contributed by atoms with van der Waals surface area (Å²) in [4.78, 5) is 7.36. The summed E-state index contributed by atoms with van der Waals surface area (Å²) in [6.07, 6.45) is 2.49. The van der Waals surface area contributed by atoms with E-state index in [2.05, 4.69) is 29.8 Å². The molecule has 1 saturated heterocycles. The molecule has 1 aliphatic rings. The number of hydrogen-bond donors (Lipinski definition) is 1. The minimum absolute atomic E-state index is 0.344. The van der Waals surface area contributed by atoms with E-state index in [0.717, 1.165) is 35.7 Å². The van der Waals surface area contributed by atoms with Crippen molar-refractivity contribution in [1.82, 2.24) is 4.98 Å². The molecule has 2 heterocycles. The molecule has 0 amide bonds. The number of aryl methyl sites for hydroxylation is 2. The average Bonchev–Trinajstić information content (AvgIpc) is 2.25. The lowest BCUT2D eigenvalue weighted by molar-refractivity contribution is 0.293. The fraction of sp³-hybridized carbons (Fsp3) is 0.600. The number of thiocarbonyl (C=S) groups is 1. The van der Waals surface area contributed by atoms with E-state index in [1.165, 1.54) is 12.8 Å². The highest BCUT2D eigenvalue weighted by Crippen LogP contribution is 2.34. The number of hydrogen-bond acceptors (Lipinski definition) is 3. The third-order valence-corrected chi connectivity index (χ3v) is 4.00. The maximum atomic E-state index is 5.90. The van der Waals surface area contributed by atoms with E-state index in [4.69, 9.17) is 18.0 Å². The van der Waals surface area contributed by atoms with Crippen LogP contribution >= 0.6 is 12.2 Å². The molecule has 0 unspecified atom stereocenters. The molecule has 0 saturated carbocycles. The third-order valence-electron chi connectivity index (χ3n) is 3.80. The van der Waals surface area contributed by atoms with Crippen LogP contribution in [0.25, 0.3) is 0 Å². The summed E-state index contributed by atoms with van der Waals surface area (Å²) >= 11 is 5.22. The van der Waals surface area contributed by atoms with Gasteiger partial charge in [-0.05, 0) is 38.2 Å². The number of aromatic nitrogens is 1. The number of nitrogens with zero attached hydrogens (tertiary/aromatic N) is 2. The maximum Gasteiger partial charge on any atom is 0.107 e. The highest BCUT2D eigenvalue weighted by molar-refractivity contribution is 7.80. The number of piperidine rings is 1. The van der Waals surface area contributed by atoms with Gasteiger partial charge in [-0.1, -0.05) is 26.1 Å². The number of anilines is 1. The molecule has 0 atom stereocenters. The summed E-state index contributed by atoms with van der Waals surface area (Å²) in [5.74, 6) is 0. The van der Waals surface area contributed by atoms with Gasteiger partial charge in [0.1, 0.15) is 4.99 Å². The van der Waals surface area contributed by atoms with Crippen LogP contribution in [0, 0.1) is 19.3 Å². The molecule has 1 aromatic rings. The Morgan fingerprint density at radius 3 is 2.68 bits per heavy atom. The Balaban J connectivity index is 2.46. The van der Waals surface area contributed by atoms with Gasteiger partial charge in [-0.2, -0.15) is 0 Å². The van der Waals surface area contributed by atoms with Crippen molar-refractivity contribution in [3.63, 3.8) is 0 Å². The zero-order chi connectivity index (χ0) is 14.2. The van der Waals surface area contributed by atoms with Crippen molar-refractivity contribution in [2.45, 2.75) is 40.5 Å². The van der Waals surface area contributed by atoms with E-state index in [1.54, 1.807) is 0 Å². The molecule has 2 N–H and O–H groups in total. The standard InChI is InChI=1S/C15H23N3S/c1-10-8-12(13(14(16)19)11(2)17-10)18-7-5-6-15(3,4)9-18/h8H,5-7,9H2,1-4H3,(H2,16,19). The summed E-state index contributed by atoms with van der Waals surface area (Å²) in [5.41, 5.74) is 10.3. The highest BCUT2D eigenvalue weighted by Gasteiger charge is 2.28. The van der Waals surface area contributed by atoms with Crippen LogP contribution in [0.1, 0.15) is 43.6 Å². The smallest absolute Gasteiger partial charge is 0.107 e. The second-order valence-corrected chi connectivity index (χ2v) is 6.74. The van der Waals surface area contributed by atoms with Crippen LogP contribution in [0.2, 0.25) is 0 Å². The first-order valence-corrected chi connectivity index (χ1v) is 7.24. The predicted octanol–water partition coefficient (Wildman–Crippen LogP) is 2.96. The van der Waals surface area contributed by atoms with Crippen molar-refractivity contribution < 1.29 is 0 Å². The number of nitrogens with two attached hydrogens (primary N) is 1. The average molecular weight is 277 g/mol. The molecule has 0 bridgehead atoms. The van der Waals surface area contributed by atoms with Crippen LogP contribution in [-0.2, 0) is 0 Å². The van der Waals surface area contributed by atoms with E-state index in [-0.39, 0.29) is 0 Å². The number of pyridine rings is 1. The molecular weight excluding hydrogens is 254 g/mol. The Hall–Kier alpha value is -1.16. The zero-order valence-electron chi connectivity index (χ0n) is 12.3. The van der Waals surface area contributed by atoms with Gasteiger partial charge in [-0.15, -0.1) is 0 Å². The highest BCUT2D eigenvalue weighted by atomic mass is 32.1. The van der Waals surface area contributed by atoms with Gasteiger partial charge >= 0.3 is 0 Å². The Labute approximate surface area is 121 Å². The molecule has 104 valence electrons. The second-order valence-electron chi connectivity index (χ2n) is 6.30. The fourth-order valence-corrected chi connectivity index (χ4v) is 3.24. The fourth-order valence-electron chi connectivity index (χ4n) is 2.99. The van der Waals surface area contributed by atoms with Crippen molar-refractivity contribution in [1.29, 1.82) is 0 Å². The quantitative estimate of drug-likeness (QED) is 0.844. The molecule has 1 aliphatic heterocycles. The summed E-state index contributed by atoms with van der Waals surface area (Å²) in [7, 11) is 0. The molecule has 3 nitrogen and oxygen atoms in total. The molecule has 0 radical (unpaired) electrons. The van der Waals surface area contributed by atoms with Gasteiger partial charge in [0.15, 0.2) is 0 Å². The van der Waals surface area contributed by atoms with Crippen LogP contribution < -0.4 is 10.6 Å². The van der Waals surface area contributed by atoms with Crippen molar-refractivity contribution in [3.05, 3.63) is 23.0 Å². The van der Waals surface area contributed by atoms with Crippen LogP contribution in [0.5, 0.6) is 0 Å². The summed E-state index contributed by atoms with van der Waals surface area (Å²) in [6.45, 7) is 10.8. The SMILES string of the molecule is Cc1cc(N2CCCC(C)(C)C2)c(C(N)=S)c(C)n1. The third kappa shape index (κ3) is 3.06. The minimum atomic E-state index is 0.344. The van der Waals surface area contributed by atoms with E-state index < -0.39 is 0 Å². The summed E-state index contributed by atoms with van der Waals surface area (Å²) in [5, 5.41) is 0. The van der Waals surface area contributed by atoms with E-state index in [9.17, 15) is 0 Å². The largest absolute Gasteiger partial charge is 0.389 e. The van der Waals surface area contributed by atoms with Crippen LogP contribution in [-0.4, -0.2) is 23.1 Å². The zero-order valence-corrected chi connectivity index (χ0v) is 13.1. The van der Waals surface area contributed by atoms with Crippen LogP contribution in [0.15, 0.2) is 6.07 Å². The molecule has 0 spiro atoms. The van der Waals surface area contributed by atoms with E-state index in [0.29, 0.717) is 10.4 Å². The van der Waals surface area contributed by atoms with Crippen LogP contribution in [0.3, 0.4) is 0 Å². The van der Waals surface area contributed by atoms with Crippen molar-refractivity contribution in [2.75, 3.05) is 18.0 Å². The molecule has 19 heavy (non-hydrogen) atoms. The first-order chi connectivity index (χ1) is 8.80. The maximum absolute atomic E-state index is 5.90. The number of rotatable bonds is 2. The summed E-state index contributed by atoms with van der Waals surface area (Å²) < 4.78 is 0. The molecule has 4 heteroatoms. The topological polar surface area (TPSA) is 42.1 Å². The van der Waals surface area contributed by atoms with Crippen LogP contribution in [0.4, 0.5) is 5.69 Å². The van der Waals surface area contributed by atoms with E-state index >= 15 is 0 Å². The Kier molecular flexibility index (Phi) is 3.81. The summed E-state index contributed by atoms with van der Waals surface area (Å²) in [6, 6.07) is 2.11. The Bertz CT molecular complexity index is 508. The monoisotopic (exact) mass is 277 g/mol. The molecule has 0 aromatic carbocycles. The Morgan fingerprint density at radius 1 is 1.42 bits per heavy atom. The Morgan fingerprint density at radius 2 is 2.11 bits per heavy atom. The predicted molar refractivity (Wildman–Crippen MR) is 84.8 cm³/mol. The van der Waals surface area contributed by atoms with Gasteiger partial charge in [0.05, 0.1) is 11.3 Å². The minimum Gasteiger partial charge on any atom is -0.389 e. The second kappa shape index (κ2) is 5.08. The van der Waals surface area contributed by atoms with Gasteiger partial charge < -0.3 is 10.6 Å². The molecule has 0 aliphatic carbocycles. The molecule has 2 rings (SSSR count). The lowest BCUT2D eigenvalue weighted by atomic mass is 9.83. The first-order valence-electron chi connectivity index (χ1n) is 6.83. The molecule has 1 aromatic heterocycles. The van der Waals surface area contributed by atoms with Crippen molar-refractivity contribution >= 4 is 22.9 Å². The first kappa shape index (κ1) is 14.3. The van der Waals surface area contributed by atoms with Gasteiger partial charge in [-0.3, -0.25) is 4.98 Å². The van der Waals surface area contributed by atoms with Gasteiger partial charge in [-0.25, -0.2) is 0 Å². The molecular formula is C15H23N3S. The van der Waals surface area contributed by atoms with Gasteiger partial charge in [0.25, 0.3) is 0 Å². The normalized spacial score (nSPS) is 18.4. The van der Waals surface area contributed by atoms with Crippen molar-refractivity contribution in [2.24, 2.45) is 11.1 Å². The van der Waals surface area contributed by atoms with Gasteiger partial charge in [0, 0.05) is 24.5 Å². The van der Waals surface area contributed by atoms with Crippen molar-refractivity contribution in [3.8, 4) is 0 Å². The lowest BCUT2D eigenvalue weighted by Gasteiger charge is -2.40. The lowest BCUT2D eigenvalue weighted by Crippen LogP contribution is -2.41. The van der Waals surface area contributed by atoms with Gasteiger partial charge in [0.2, 0.25) is 0 Å². The van der Waals surface area contributed by atoms with E-state index in [1.807, 2.05) is 13.8 Å². The molecule has 1 fully saturated rings.